The van der Waals surface area contributed by atoms with Crippen LogP contribution in [0.15, 0.2) is 17.5 Å². The molecule has 1 heterocycles. The number of aromatic carboxylic acids is 1. The monoisotopic (exact) mass is 230 g/mol. The van der Waals surface area contributed by atoms with Crippen LogP contribution >= 0.6 is 22.9 Å². The summed E-state index contributed by atoms with van der Waals surface area (Å²) in [6.07, 6.45) is 0. The highest BCUT2D eigenvalue weighted by atomic mass is 35.5. The van der Waals surface area contributed by atoms with E-state index in [1.807, 2.05) is 0 Å². The lowest BCUT2D eigenvalue weighted by Gasteiger charge is -2.00. The summed E-state index contributed by atoms with van der Waals surface area (Å²) < 4.78 is 13.8. The minimum absolute atomic E-state index is 0.264. The Bertz CT molecular complexity index is 521. The molecule has 1 N–H and O–H groups in total. The molecule has 0 aliphatic rings. The van der Waals surface area contributed by atoms with E-state index in [0.717, 1.165) is 17.4 Å². The third-order valence-corrected chi connectivity index (χ3v) is 3.08. The Labute approximate surface area is 87.5 Å². The summed E-state index contributed by atoms with van der Waals surface area (Å²) in [5.74, 6) is -2.02. The van der Waals surface area contributed by atoms with Crippen molar-refractivity contribution in [2.45, 2.75) is 0 Å². The number of rotatable bonds is 1. The fraction of sp³-hybridized carbons (Fsp3) is 0. The summed E-state index contributed by atoms with van der Waals surface area (Å²) in [6.45, 7) is 0. The number of fused-ring (bicyclic) bond motifs is 1. The van der Waals surface area contributed by atoms with Crippen molar-refractivity contribution >= 4 is 39.0 Å². The van der Waals surface area contributed by atoms with Gasteiger partial charge in [-0.05, 0) is 17.5 Å². The van der Waals surface area contributed by atoms with Crippen molar-refractivity contribution in [1.82, 2.24) is 0 Å². The number of carboxylic acid groups (broad SMARTS) is 1. The molecule has 0 amide bonds. The Balaban J connectivity index is 2.88. The Kier molecular flexibility index (Phi) is 2.17. The number of hydrogen-bond acceptors (Lipinski definition) is 2. The summed E-state index contributed by atoms with van der Waals surface area (Å²) in [5.41, 5.74) is -0.384. The molecule has 0 spiro atoms. The SMILES string of the molecule is O=C(O)c1cc(Cl)c2ccsc2c1F. The van der Waals surface area contributed by atoms with Gasteiger partial charge in [0.1, 0.15) is 0 Å². The zero-order valence-corrected chi connectivity index (χ0v) is 8.32. The quantitative estimate of drug-likeness (QED) is 0.815. The molecule has 5 heteroatoms. The van der Waals surface area contributed by atoms with Gasteiger partial charge in [0.25, 0.3) is 0 Å². The third kappa shape index (κ3) is 1.27. The molecule has 1 aromatic heterocycles. The van der Waals surface area contributed by atoms with Crippen molar-refractivity contribution in [3.05, 3.63) is 33.9 Å². The molecule has 72 valence electrons. The van der Waals surface area contributed by atoms with Crippen LogP contribution in [0.1, 0.15) is 10.4 Å². The molecule has 0 radical (unpaired) electrons. The topological polar surface area (TPSA) is 37.3 Å². The average molecular weight is 231 g/mol. The fourth-order valence-electron chi connectivity index (χ4n) is 1.21. The largest absolute Gasteiger partial charge is 0.478 e. The first kappa shape index (κ1) is 9.43. The van der Waals surface area contributed by atoms with Gasteiger partial charge in [0, 0.05) is 5.39 Å². The lowest BCUT2D eigenvalue weighted by molar-refractivity contribution is 0.0692. The number of carbonyl (C=O) groups is 1. The van der Waals surface area contributed by atoms with Crippen molar-refractivity contribution in [3.63, 3.8) is 0 Å². The maximum absolute atomic E-state index is 13.5. The maximum atomic E-state index is 13.5. The highest BCUT2D eigenvalue weighted by Crippen LogP contribution is 2.32. The van der Waals surface area contributed by atoms with Crippen molar-refractivity contribution < 1.29 is 14.3 Å². The van der Waals surface area contributed by atoms with Crippen LogP contribution in [0.4, 0.5) is 4.39 Å². The van der Waals surface area contributed by atoms with Crippen LogP contribution in [0.2, 0.25) is 5.02 Å². The molecular weight excluding hydrogens is 227 g/mol. The van der Waals surface area contributed by atoms with E-state index in [0.29, 0.717) is 5.39 Å². The van der Waals surface area contributed by atoms with Crippen LogP contribution in [0.3, 0.4) is 0 Å². The van der Waals surface area contributed by atoms with E-state index in [9.17, 15) is 9.18 Å². The fourth-order valence-corrected chi connectivity index (χ4v) is 2.39. The number of benzene rings is 1. The Hall–Kier alpha value is -1.13. The van der Waals surface area contributed by atoms with Crippen LogP contribution in [0.25, 0.3) is 10.1 Å². The van der Waals surface area contributed by atoms with Crippen LogP contribution < -0.4 is 0 Å². The summed E-state index contributed by atoms with van der Waals surface area (Å²) in [4.78, 5) is 10.6. The van der Waals surface area contributed by atoms with Gasteiger partial charge in [-0.25, -0.2) is 9.18 Å². The minimum Gasteiger partial charge on any atom is -0.478 e. The molecule has 0 fully saturated rings. The third-order valence-electron chi connectivity index (χ3n) is 1.86. The van der Waals surface area contributed by atoms with Gasteiger partial charge in [-0.3, -0.25) is 0 Å². The molecule has 2 rings (SSSR count). The van der Waals surface area contributed by atoms with E-state index in [1.165, 1.54) is 0 Å². The first-order chi connectivity index (χ1) is 6.61. The van der Waals surface area contributed by atoms with Gasteiger partial charge in [0.2, 0.25) is 0 Å². The number of carboxylic acids is 1. The number of thiophene rings is 1. The summed E-state index contributed by atoms with van der Waals surface area (Å²) >= 11 is 6.93. The predicted molar refractivity (Wildman–Crippen MR) is 53.8 cm³/mol. The second-order valence-corrected chi connectivity index (χ2v) is 4.01. The first-order valence-electron chi connectivity index (χ1n) is 3.69. The van der Waals surface area contributed by atoms with Gasteiger partial charge in [-0.15, -0.1) is 11.3 Å². The molecular formula is C9H4ClFO2S. The molecule has 0 saturated heterocycles. The minimum atomic E-state index is -1.31. The second kappa shape index (κ2) is 3.22. The highest BCUT2D eigenvalue weighted by molar-refractivity contribution is 7.17. The normalized spacial score (nSPS) is 10.7. The molecule has 0 unspecified atom stereocenters. The zero-order valence-electron chi connectivity index (χ0n) is 6.75. The molecule has 0 atom stereocenters. The first-order valence-corrected chi connectivity index (χ1v) is 4.95. The molecule has 0 aliphatic heterocycles. The molecule has 2 nitrogen and oxygen atoms in total. The van der Waals surface area contributed by atoms with Gasteiger partial charge < -0.3 is 5.11 Å². The predicted octanol–water partition coefficient (Wildman–Crippen LogP) is 3.39. The maximum Gasteiger partial charge on any atom is 0.338 e. The second-order valence-electron chi connectivity index (χ2n) is 2.69. The molecule has 1 aromatic carbocycles. The van der Waals surface area contributed by atoms with Gasteiger partial charge in [-0.1, -0.05) is 11.6 Å². The van der Waals surface area contributed by atoms with E-state index in [-0.39, 0.29) is 15.3 Å². The smallest absolute Gasteiger partial charge is 0.338 e. The molecule has 0 saturated carbocycles. The number of halogens is 2. The Morgan fingerprint density at radius 1 is 1.57 bits per heavy atom. The zero-order chi connectivity index (χ0) is 10.3. The van der Waals surface area contributed by atoms with Crippen LogP contribution in [0, 0.1) is 5.82 Å². The highest BCUT2D eigenvalue weighted by Gasteiger charge is 2.16. The van der Waals surface area contributed by atoms with E-state index in [4.69, 9.17) is 16.7 Å². The molecule has 0 aliphatic carbocycles. The van der Waals surface area contributed by atoms with Crippen molar-refractivity contribution in [2.75, 3.05) is 0 Å². The van der Waals surface area contributed by atoms with Crippen molar-refractivity contribution in [2.24, 2.45) is 0 Å². The molecule has 2 aromatic rings. The van der Waals surface area contributed by atoms with E-state index < -0.39 is 11.8 Å². The van der Waals surface area contributed by atoms with Crippen molar-refractivity contribution in [1.29, 1.82) is 0 Å². The lowest BCUT2D eigenvalue weighted by Crippen LogP contribution is -2.00. The van der Waals surface area contributed by atoms with Gasteiger partial charge in [0.05, 0.1) is 15.3 Å². The summed E-state index contributed by atoms with van der Waals surface area (Å²) in [6, 6.07) is 2.80. The van der Waals surface area contributed by atoms with Gasteiger partial charge in [0.15, 0.2) is 5.82 Å². The Morgan fingerprint density at radius 2 is 2.29 bits per heavy atom. The van der Waals surface area contributed by atoms with Crippen LogP contribution in [0.5, 0.6) is 0 Å². The van der Waals surface area contributed by atoms with Gasteiger partial charge >= 0.3 is 5.97 Å². The number of hydrogen-bond donors (Lipinski definition) is 1. The standard InChI is InChI=1S/C9H4ClFO2S/c10-6-3-5(9(12)13)7(11)8-4(6)1-2-14-8/h1-3H,(H,12,13). The molecule has 14 heavy (non-hydrogen) atoms. The van der Waals surface area contributed by atoms with Crippen LogP contribution in [-0.2, 0) is 0 Å². The van der Waals surface area contributed by atoms with Crippen LogP contribution in [-0.4, -0.2) is 11.1 Å². The summed E-state index contributed by atoms with van der Waals surface area (Å²) in [5, 5.41) is 11.2. The van der Waals surface area contributed by atoms with Gasteiger partial charge in [-0.2, -0.15) is 0 Å². The van der Waals surface area contributed by atoms with E-state index in [2.05, 4.69) is 0 Å². The average Bonchev–Trinajstić information content (AvgIpc) is 2.59. The van der Waals surface area contributed by atoms with E-state index in [1.54, 1.807) is 11.4 Å². The lowest BCUT2D eigenvalue weighted by atomic mass is 10.1. The van der Waals surface area contributed by atoms with E-state index >= 15 is 0 Å². The Morgan fingerprint density at radius 3 is 2.93 bits per heavy atom. The van der Waals surface area contributed by atoms with Crippen molar-refractivity contribution in [3.8, 4) is 0 Å². The molecule has 0 bridgehead atoms. The summed E-state index contributed by atoms with van der Waals surface area (Å²) in [7, 11) is 0.